The zero-order chi connectivity index (χ0) is 21.9. The molecule has 2 amide bonds. The Kier molecular flexibility index (Phi) is 5.81. The van der Waals surface area contributed by atoms with E-state index in [2.05, 4.69) is 15.7 Å². The lowest BCUT2D eigenvalue weighted by Crippen LogP contribution is -2.27. The third-order valence-corrected chi connectivity index (χ3v) is 3.76. The highest BCUT2D eigenvalue weighted by atomic mass is 19.1. The summed E-state index contributed by atoms with van der Waals surface area (Å²) in [5.74, 6) is -1.68. The lowest BCUT2D eigenvalue weighted by Gasteiger charge is -2.20. The number of nitrogens with one attached hydrogen (secondary N) is 2. The molecule has 9 heteroatoms. The number of aromatic nitrogens is 2. The van der Waals surface area contributed by atoms with Crippen LogP contribution in [0.5, 0.6) is 0 Å². The Hall–Kier alpha value is -3.75. The quantitative estimate of drug-likeness (QED) is 0.645. The third kappa shape index (κ3) is 5.40. The van der Waals surface area contributed by atoms with Gasteiger partial charge < -0.3 is 10.1 Å². The molecule has 7 nitrogen and oxygen atoms in total. The van der Waals surface area contributed by atoms with Crippen molar-refractivity contribution in [2.24, 2.45) is 0 Å². The van der Waals surface area contributed by atoms with Crippen LogP contribution in [0.2, 0.25) is 0 Å². The molecular weight excluding hydrogens is 394 g/mol. The Labute approximate surface area is 171 Å². The fourth-order valence-electron chi connectivity index (χ4n) is 2.54. The van der Waals surface area contributed by atoms with Gasteiger partial charge >= 0.3 is 6.09 Å². The number of hydrogen-bond donors (Lipinski definition) is 2. The molecule has 2 N–H and O–H groups in total. The molecule has 1 aromatic heterocycles. The second-order valence-electron chi connectivity index (χ2n) is 7.40. The normalized spacial score (nSPS) is 11.1. The molecule has 3 aromatic rings. The minimum Gasteiger partial charge on any atom is -0.444 e. The highest BCUT2D eigenvalue weighted by molar-refractivity contribution is 6.05. The molecule has 156 valence electrons. The number of rotatable bonds is 4. The molecule has 0 saturated heterocycles. The summed E-state index contributed by atoms with van der Waals surface area (Å²) in [5, 5.41) is 9.10. The number of hydrogen-bond acceptors (Lipinski definition) is 4. The van der Waals surface area contributed by atoms with E-state index in [9.17, 15) is 18.4 Å². The topological polar surface area (TPSA) is 85.3 Å². The maximum atomic E-state index is 13.7. The van der Waals surface area contributed by atoms with Crippen molar-refractivity contribution in [3.8, 4) is 5.69 Å². The first kappa shape index (κ1) is 21.0. The summed E-state index contributed by atoms with van der Waals surface area (Å²) >= 11 is 0. The van der Waals surface area contributed by atoms with E-state index >= 15 is 0 Å². The van der Waals surface area contributed by atoms with Gasteiger partial charge in [-0.1, -0.05) is 6.07 Å². The van der Waals surface area contributed by atoms with Crippen LogP contribution in [0.25, 0.3) is 5.69 Å². The lowest BCUT2D eigenvalue weighted by molar-refractivity contribution is 0.0635. The third-order valence-electron chi connectivity index (χ3n) is 3.76. The van der Waals surface area contributed by atoms with Crippen LogP contribution < -0.4 is 10.6 Å². The van der Waals surface area contributed by atoms with Gasteiger partial charge in [-0.25, -0.2) is 18.3 Å². The van der Waals surface area contributed by atoms with E-state index < -0.39 is 29.2 Å². The van der Waals surface area contributed by atoms with Crippen LogP contribution in [0.3, 0.4) is 0 Å². The minimum absolute atomic E-state index is 0.0201. The molecule has 1 heterocycles. The van der Waals surface area contributed by atoms with Gasteiger partial charge in [-0.05, 0) is 63.2 Å². The smallest absolute Gasteiger partial charge is 0.412 e. The van der Waals surface area contributed by atoms with Crippen molar-refractivity contribution in [2.45, 2.75) is 26.4 Å². The minimum atomic E-state index is -0.750. The SMILES string of the molecule is CC(C)(C)OC(=O)Nc1ccc(F)cc1NC(=O)c1ccn(-c2cccc(F)c2)n1. The second kappa shape index (κ2) is 8.32. The molecule has 0 aliphatic heterocycles. The number of amides is 2. The number of anilines is 2. The van der Waals surface area contributed by atoms with Gasteiger partial charge in [-0.3, -0.25) is 10.1 Å². The van der Waals surface area contributed by atoms with Gasteiger partial charge in [0.05, 0.1) is 17.1 Å². The molecule has 30 heavy (non-hydrogen) atoms. The highest BCUT2D eigenvalue weighted by Crippen LogP contribution is 2.24. The van der Waals surface area contributed by atoms with Crippen molar-refractivity contribution in [3.05, 3.63) is 72.1 Å². The number of nitrogens with zero attached hydrogens (tertiary/aromatic N) is 2. The van der Waals surface area contributed by atoms with Crippen LogP contribution in [0, 0.1) is 11.6 Å². The van der Waals surface area contributed by atoms with Crippen LogP contribution in [0.1, 0.15) is 31.3 Å². The summed E-state index contributed by atoms with van der Waals surface area (Å²) in [6.45, 7) is 5.11. The number of ether oxygens (including phenoxy) is 1. The summed E-state index contributed by atoms with van der Waals surface area (Å²) in [6, 6.07) is 10.7. The van der Waals surface area contributed by atoms with Crippen molar-refractivity contribution < 1.29 is 23.1 Å². The van der Waals surface area contributed by atoms with Crippen LogP contribution in [-0.2, 0) is 4.74 Å². The zero-order valence-electron chi connectivity index (χ0n) is 16.6. The lowest BCUT2D eigenvalue weighted by atomic mass is 10.2. The van der Waals surface area contributed by atoms with E-state index in [1.165, 1.54) is 41.2 Å². The van der Waals surface area contributed by atoms with Gasteiger partial charge in [-0.15, -0.1) is 0 Å². The monoisotopic (exact) mass is 414 g/mol. The maximum absolute atomic E-state index is 13.7. The van der Waals surface area contributed by atoms with Gasteiger partial charge in [0.25, 0.3) is 5.91 Å². The summed E-state index contributed by atoms with van der Waals surface area (Å²) in [4.78, 5) is 24.6. The van der Waals surface area contributed by atoms with Crippen LogP contribution in [0.15, 0.2) is 54.7 Å². The van der Waals surface area contributed by atoms with Crippen LogP contribution in [-0.4, -0.2) is 27.4 Å². The molecule has 0 atom stereocenters. The zero-order valence-corrected chi connectivity index (χ0v) is 16.6. The molecule has 2 aromatic carbocycles. The van der Waals surface area contributed by atoms with Gasteiger partial charge in [0.15, 0.2) is 5.69 Å². The standard InChI is InChI=1S/C21H20F2N4O3/c1-21(2,3)30-20(29)25-16-8-7-14(23)12-18(16)24-19(28)17-9-10-27(26-17)15-6-4-5-13(22)11-15/h4-12H,1-3H3,(H,24,28)(H,25,29). The first-order valence-electron chi connectivity index (χ1n) is 9.03. The molecule has 0 saturated carbocycles. The largest absolute Gasteiger partial charge is 0.444 e. The number of halogens is 2. The van der Waals surface area contributed by atoms with E-state index in [4.69, 9.17) is 4.74 Å². The van der Waals surface area contributed by atoms with Gasteiger partial charge in [0.1, 0.15) is 17.2 Å². The Bertz CT molecular complexity index is 1090. The van der Waals surface area contributed by atoms with Gasteiger partial charge in [-0.2, -0.15) is 5.10 Å². The van der Waals surface area contributed by atoms with Crippen molar-refractivity contribution in [2.75, 3.05) is 10.6 Å². The van der Waals surface area contributed by atoms with E-state index in [-0.39, 0.29) is 17.1 Å². The van der Waals surface area contributed by atoms with Crippen molar-refractivity contribution in [1.82, 2.24) is 9.78 Å². The fraction of sp³-hybridized carbons (Fsp3) is 0.190. The van der Waals surface area contributed by atoms with E-state index in [1.807, 2.05) is 0 Å². The summed E-state index contributed by atoms with van der Waals surface area (Å²) < 4.78 is 33.6. The highest BCUT2D eigenvalue weighted by Gasteiger charge is 2.19. The Balaban J connectivity index is 1.78. The van der Waals surface area contributed by atoms with Crippen molar-refractivity contribution in [3.63, 3.8) is 0 Å². The molecule has 0 aliphatic rings. The van der Waals surface area contributed by atoms with Gasteiger partial charge in [0.2, 0.25) is 0 Å². The summed E-state index contributed by atoms with van der Waals surface area (Å²) in [5.41, 5.74) is -0.0781. The molecule has 0 radical (unpaired) electrons. The maximum Gasteiger partial charge on any atom is 0.412 e. The predicted molar refractivity (Wildman–Crippen MR) is 108 cm³/mol. The number of benzene rings is 2. The number of carbonyl (C=O) groups excluding carboxylic acids is 2. The fourth-order valence-corrected chi connectivity index (χ4v) is 2.54. The second-order valence-corrected chi connectivity index (χ2v) is 7.40. The molecule has 0 aliphatic carbocycles. The van der Waals surface area contributed by atoms with E-state index in [0.717, 1.165) is 12.1 Å². The molecular formula is C21H20F2N4O3. The first-order valence-corrected chi connectivity index (χ1v) is 9.03. The Morgan fingerprint density at radius 3 is 2.40 bits per heavy atom. The Morgan fingerprint density at radius 1 is 0.967 bits per heavy atom. The van der Waals surface area contributed by atoms with Crippen LogP contribution in [0.4, 0.5) is 25.0 Å². The molecule has 0 fully saturated rings. The first-order chi connectivity index (χ1) is 14.1. The van der Waals surface area contributed by atoms with Gasteiger partial charge in [0, 0.05) is 6.20 Å². The molecule has 0 spiro atoms. The molecule has 0 bridgehead atoms. The number of carbonyl (C=O) groups is 2. The molecule has 0 unspecified atom stereocenters. The summed E-state index contributed by atoms with van der Waals surface area (Å²) in [6.07, 6.45) is 0.745. The van der Waals surface area contributed by atoms with Crippen molar-refractivity contribution >= 4 is 23.4 Å². The van der Waals surface area contributed by atoms with E-state index in [1.54, 1.807) is 26.8 Å². The Morgan fingerprint density at radius 2 is 1.70 bits per heavy atom. The molecule has 3 rings (SSSR count). The summed E-state index contributed by atoms with van der Waals surface area (Å²) in [7, 11) is 0. The predicted octanol–water partition coefficient (Wildman–Crippen LogP) is 4.75. The van der Waals surface area contributed by atoms with Crippen LogP contribution >= 0.6 is 0 Å². The average Bonchev–Trinajstić information content (AvgIpc) is 3.13. The average molecular weight is 414 g/mol. The van der Waals surface area contributed by atoms with E-state index in [0.29, 0.717) is 5.69 Å². The van der Waals surface area contributed by atoms with Crippen molar-refractivity contribution in [1.29, 1.82) is 0 Å².